The van der Waals surface area contributed by atoms with Crippen LogP contribution in [0.5, 0.6) is 0 Å². The van der Waals surface area contributed by atoms with E-state index in [1.54, 1.807) is 23.1 Å². The standard InChI is InChI=1S/C13H16N4O/c1-14-9-11-4-2-5-12(8-11)16-13(18)10-17-7-3-6-15-17/h2-8,14H,9-10H2,1H3,(H,16,18). The predicted octanol–water partition coefficient (Wildman–Crippen LogP) is 1.24. The topological polar surface area (TPSA) is 58.9 Å². The second-order valence-corrected chi connectivity index (χ2v) is 3.98. The number of hydrogen-bond donors (Lipinski definition) is 2. The van der Waals surface area contributed by atoms with Crippen LogP contribution >= 0.6 is 0 Å². The molecule has 2 N–H and O–H groups in total. The highest BCUT2D eigenvalue weighted by Crippen LogP contribution is 2.10. The molecule has 2 rings (SSSR count). The number of anilines is 1. The molecule has 0 unspecified atom stereocenters. The van der Waals surface area contributed by atoms with Crippen LogP contribution in [0.15, 0.2) is 42.7 Å². The molecule has 0 bridgehead atoms. The molecule has 1 amide bonds. The molecule has 0 saturated carbocycles. The molecule has 0 fully saturated rings. The minimum Gasteiger partial charge on any atom is -0.324 e. The smallest absolute Gasteiger partial charge is 0.246 e. The summed E-state index contributed by atoms with van der Waals surface area (Å²) in [6.07, 6.45) is 3.41. The van der Waals surface area contributed by atoms with Gasteiger partial charge in [0, 0.05) is 24.6 Å². The molecule has 1 heterocycles. The third-order valence-electron chi connectivity index (χ3n) is 2.46. The van der Waals surface area contributed by atoms with Gasteiger partial charge in [0.1, 0.15) is 6.54 Å². The Bertz CT molecular complexity index is 507. The molecular weight excluding hydrogens is 228 g/mol. The fourth-order valence-corrected chi connectivity index (χ4v) is 1.70. The normalized spacial score (nSPS) is 10.3. The predicted molar refractivity (Wildman–Crippen MR) is 70.1 cm³/mol. The van der Waals surface area contributed by atoms with Crippen LogP contribution in [-0.2, 0) is 17.9 Å². The molecule has 5 nitrogen and oxygen atoms in total. The van der Waals surface area contributed by atoms with Crippen LogP contribution in [0, 0.1) is 0 Å². The van der Waals surface area contributed by atoms with E-state index in [0.717, 1.165) is 17.8 Å². The second kappa shape index (κ2) is 5.97. The van der Waals surface area contributed by atoms with Crippen molar-refractivity contribution in [2.75, 3.05) is 12.4 Å². The van der Waals surface area contributed by atoms with Gasteiger partial charge in [-0.05, 0) is 30.8 Å². The zero-order valence-electron chi connectivity index (χ0n) is 10.3. The van der Waals surface area contributed by atoms with E-state index in [0.29, 0.717) is 0 Å². The van der Waals surface area contributed by atoms with Crippen molar-refractivity contribution in [1.82, 2.24) is 15.1 Å². The first-order valence-electron chi connectivity index (χ1n) is 5.79. The zero-order chi connectivity index (χ0) is 12.8. The van der Waals surface area contributed by atoms with Crippen LogP contribution in [0.2, 0.25) is 0 Å². The summed E-state index contributed by atoms with van der Waals surface area (Å²) in [5.41, 5.74) is 1.94. The van der Waals surface area contributed by atoms with Crippen LogP contribution in [-0.4, -0.2) is 22.7 Å². The number of benzene rings is 1. The number of aromatic nitrogens is 2. The van der Waals surface area contributed by atoms with Gasteiger partial charge in [0.2, 0.25) is 5.91 Å². The summed E-state index contributed by atoms with van der Waals surface area (Å²) in [6.45, 7) is 1.01. The first-order chi connectivity index (χ1) is 8.78. The van der Waals surface area contributed by atoms with Crippen molar-refractivity contribution in [1.29, 1.82) is 0 Å². The van der Waals surface area contributed by atoms with Crippen molar-refractivity contribution in [3.63, 3.8) is 0 Å². The van der Waals surface area contributed by atoms with Crippen LogP contribution in [0.25, 0.3) is 0 Å². The number of rotatable bonds is 5. The van der Waals surface area contributed by atoms with Crippen LogP contribution < -0.4 is 10.6 Å². The largest absolute Gasteiger partial charge is 0.324 e. The van der Waals surface area contributed by atoms with Gasteiger partial charge in [-0.3, -0.25) is 9.48 Å². The highest BCUT2D eigenvalue weighted by molar-refractivity contribution is 5.90. The van der Waals surface area contributed by atoms with Gasteiger partial charge in [-0.15, -0.1) is 0 Å². The molecule has 0 atom stereocenters. The molecule has 5 heteroatoms. The van der Waals surface area contributed by atoms with E-state index in [-0.39, 0.29) is 12.5 Å². The lowest BCUT2D eigenvalue weighted by Gasteiger charge is -2.07. The Hall–Kier alpha value is -2.14. The van der Waals surface area contributed by atoms with E-state index in [1.807, 2.05) is 31.3 Å². The number of nitrogens with one attached hydrogen (secondary N) is 2. The molecular formula is C13H16N4O. The molecule has 0 saturated heterocycles. The van der Waals surface area contributed by atoms with E-state index >= 15 is 0 Å². The molecule has 0 aliphatic rings. The van der Waals surface area contributed by atoms with Crippen LogP contribution in [0.1, 0.15) is 5.56 Å². The van der Waals surface area contributed by atoms with Gasteiger partial charge in [0.05, 0.1) is 0 Å². The Kier molecular flexibility index (Phi) is 4.09. The fraction of sp³-hybridized carbons (Fsp3) is 0.231. The first kappa shape index (κ1) is 12.3. The molecule has 18 heavy (non-hydrogen) atoms. The van der Waals surface area contributed by atoms with Gasteiger partial charge in [-0.25, -0.2) is 0 Å². The molecule has 1 aromatic carbocycles. The van der Waals surface area contributed by atoms with E-state index in [4.69, 9.17) is 0 Å². The van der Waals surface area contributed by atoms with Crippen molar-refractivity contribution in [3.8, 4) is 0 Å². The highest BCUT2D eigenvalue weighted by Gasteiger charge is 2.03. The van der Waals surface area contributed by atoms with Crippen LogP contribution in [0.3, 0.4) is 0 Å². The lowest BCUT2D eigenvalue weighted by Crippen LogP contribution is -2.19. The van der Waals surface area contributed by atoms with Crippen molar-refractivity contribution in [2.24, 2.45) is 0 Å². The molecule has 0 radical (unpaired) electrons. The summed E-state index contributed by atoms with van der Waals surface area (Å²) in [5.74, 6) is -0.0830. The lowest BCUT2D eigenvalue weighted by molar-refractivity contribution is -0.116. The fourth-order valence-electron chi connectivity index (χ4n) is 1.70. The summed E-state index contributed by atoms with van der Waals surface area (Å²) >= 11 is 0. The Labute approximate surface area is 106 Å². The summed E-state index contributed by atoms with van der Waals surface area (Å²) in [4.78, 5) is 11.8. The Morgan fingerprint density at radius 1 is 1.39 bits per heavy atom. The number of carbonyl (C=O) groups excluding carboxylic acids is 1. The number of carbonyl (C=O) groups is 1. The zero-order valence-corrected chi connectivity index (χ0v) is 10.3. The molecule has 1 aromatic heterocycles. The Balaban J connectivity index is 1.96. The molecule has 0 spiro atoms. The Morgan fingerprint density at radius 3 is 3.00 bits per heavy atom. The lowest BCUT2D eigenvalue weighted by atomic mass is 10.2. The van der Waals surface area contributed by atoms with E-state index < -0.39 is 0 Å². The van der Waals surface area contributed by atoms with Gasteiger partial charge in [0.25, 0.3) is 0 Å². The SMILES string of the molecule is CNCc1cccc(NC(=O)Cn2cccn2)c1. The van der Waals surface area contributed by atoms with Crippen molar-refractivity contribution in [2.45, 2.75) is 13.1 Å². The third-order valence-corrected chi connectivity index (χ3v) is 2.46. The van der Waals surface area contributed by atoms with Crippen molar-refractivity contribution < 1.29 is 4.79 Å². The molecule has 0 aliphatic heterocycles. The molecule has 2 aromatic rings. The highest BCUT2D eigenvalue weighted by atomic mass is 16.2. The minimum atomic E-state index is -0.0830. The summed E-state index contributed by atoms with van der Waals surface area (Å²) in [6, 6.07) is 9.56. The number of amides is 1. The maximum absolute atomic E-state index is 11.8. The van der Waals surface area contributed by atoms with Gasteiger partial charge in [-0.1, -0.05) is 12.1 Å². The third kappa shape index (κ3) is 3.43. The average Bonchev–Trinajstić information content (AvgIpc) is 2.82. The van der Waals surface area contributed by atoms with Crippen molar-refractivity contribution in [3.05, 3.63) is 48.3 Å². The summed E-state index contributed by atoms with van der Waals surface area (Å²) in [7, 11) is 1.89. The Morgan fingerprint density at radius 2 is 2.28 bits per heavy atom. The van der Waals surface area contributed by atoms with E-state index in [9.17, 15) is 4.79 Å². The van der Waals surface area contributed by atoms with Crippen LogP contribution in [0.4, 0.5) is 5.69 Å². The molecule has 94 valence electrons. The maximum atomic E-state index is 11.8. The number of nitrogens with zero attached hydrogens (tertiary/aromatic N) is 2. The maximum Gasteiger partial charge on any atom is 0.246 e. The van der Waals surface area contributed by atoms with Gasteiger partial charge < -0.3 is 10.6 Å². The molecule has 0 aliphatic carbocycles. The number of hydrogen-bond acceptors (Lipinski definition) is 3. The van der Waals surface area contributed by atoms with E-state index in [2.05, 4.69) is 15.7 Å². The summed E-state index contributed by atoms with van der Waals surface area (Å²) in [5, 5.41) is 9.92. The first-order valence-corrected chi connectivity index (χ1v) is 5.79. The van der Waals surface area contributed by atoms with Gasteiger partial charge in [-0.2, -0.15) is 5.10 Å². The average molecular weight is 244 g/mol. The summed E-state index contributed by atoms with van der Waals surface area (Å²) < 4.78 is 1.59. The minimum absolute atomic E-state index is 0.0830. The monoisotopic (exact) mass is 244 g/mol. The second-order valence-electron chi connectivity index (χ2n) is 3.98. The van der Waals surface area contributed by atoms with Gasteiger partial charge in [0.15, 0.2) is 0 Å². The van der Waals surface area contributed by atoms with E-state index in [1.165, 1.54) is 0 Å². The van der Waals surface area contributed by atoms with Gasteiger partial charge >= 0.3 is 0 Å². The van der Waals surface area contributed by atoms with Crippen molar-refractivity contribution >= 4 is 11.6 Å². The quantitative estimate of drug-likeness (QED) is 0.832.